The minimum Gasteiger partial charge on any atom is -0.351 e. The lowest BCUT2D eigenvalue weighted by molar-refractivity contribution is -0.132. The summed E-state index contributed by atoms with van der Waals surface area (Å²) in [4.78, 5) is 26.9. The molecule has 1 aliphatic rings. The zero-order valence-electron chi connectivity index (χ0n) is 16.0. The highest BCUT2D eigenvalue weighted by Crippen LogP contribution is 2.30. The van der Waals surface area contributed by atoms with E-state index >= 15 is 0 Å². The predicted octanol–water partition coefficient (Wildman–Crippen LogP) is 4.68. The van der Waals surface area contributed by atoms with Gasteiger partial charge in [-0.2, -0.15) is 0 Å². The number of hydrogen-bond acceptors (Lipinski definition) is 2. The number of nitrogens with zero attached hydrogens (tertiary/aromatic N) is 1. The number of benzene rings is 2. The van der Waals surface area contributed by atoms with Gasteiger partial charge in [-0.1, -0.05) is 28.1 Å². The fourth-order valence-electron chi connectivity index (χ4n) is 3.38. The largest absolute Gasteiger partial charge is 0.351 e. The van der Waals surface area contributed by atoms with Crippen LogP contribution in [-0.4, -0.2) is 29.9 Å². The van der Waals surface area contributed by atoms with Crippen LogP contribution >= 0.6 is 15.9 Å². The van der Waals surface area contributed by atoms with Crippen LogP contribution in [0.2, 0.25) is 0 Å². The van der Waals surface area contributed by atoms with Gasteiger partial charge in [-0.15, -0.1) is 0 Å². The molecule has 29 heavy (non-hydrogen) atoms. The number of rotatable bonds is 4. The van der Waals surface area contributed by atoms with E-state index in [0.717, 1.165) is 5.56 Å². The first-order valence-corrected chi connectivity index (χ1v) is 10.1. The molecule has 2 aromatic carbocycles. The molecular weight excluding hydrogens is 444 g/mol. The molecule has 0 bridgehead atoms. The van der Waals surface area contributed by atoms with E-state index in [1.54, 1.807) is 18.2 Å². The molecule has 154 valence electrons. The number of carbonyl (C=O) groups is 2. The van der Waals surface area contributed by atoms with Crippen molar-refractivity contribution in [2.75, 3.05) is 18.4 Å². The predicted molar refractivity (Wildman–Crippen MR) is 110 cm³/mol. The molecular formula is C21H22BrF2N3O2. The number of urea groups is 1. The second-order valence-electron chi connectivity index (χ2n) is 7.45. The van der Waals surface area contributed by atoms with Crippen molar-refractivity contribution < 1.29 is 18.4 Å². The van der Waals surface area contributed by atoms with Gasteiger partial charge < -0.3 is 15.5 Å². The summed E-state index contributed by atoms with van der Waals surface area (Å²) < 4.78 is 27.6. The Balaban J connectivity index is 1.60. The first-order valence-electron chi connectivity index (χ1n) is 9.30. The highest BCUT2D eigenvalue weighted by Gasteiger charge is 2.39. The van der Waals surface area contributed by atoms with Crippen LogP contribution in [0.4, 0.5) is 19.3 Å². The van der Waals surface area contributed by atoms with Crippen molar-refractivity contribution in [2.24, 2.45) is 5.41 Å². The van der Waals surface area contributed by atoms with E-state index < -0.39 is 17.3 Å². The third-order valence-electron chi connectivity index (χ3n) is 5.07. The van der Waals surface area contributed by atoms with E-state index in [9.17, 15) is 18.4 Å². The van der Waals surface area contributed by atoms with Crippen molar-refractivity contribution in [3.8, 4) is 0 Å². The number of halogens is 3. The van der Waals surface area contributed by atoms with Crippen molar-refractivity contribution in [2.45, 2.75) is 26.3 Å². The van der Waals surface area contributed by atoms with Crippen LogP contribution in [0.5, 0.6) is 0 Å². The van der Waals surface area contributed by atoms with E-state index in [0.29, 0.717) is 23.9 Å². The molecule has 3 amide bonds. The van der Waals surface area contributed by atoms with Crippen molar-refractivity contribution in [3.63, 3.8) is 0 Å². The summed E-state index contributed by atoms with van der Waals surface area (Å²) in [5.41, 5.74) is 0.124. The third kappa shape index (κ3) is 5.32. The first kappa shape index (κ1) is 21.2. The average molecular weight is 466 g/mol. The average Bonchev–Trinajstić information content (AvgIpc) is 2.69. The molecule has 2 N–H and O–H groups in total. The highest BCUT2D eigenvalue weighted by atomic mass is 79.9. The van der Waals surface area contributed by atoms with E-state index in [2.05, 4.69) is 26.6 Å². The molecule has 0 aliphatic carbocycles. The molecule has 1 atom stereocenters. The van der Waals surface area contributed by atoms with Crippen LogP contribution in [0.15, 0.2) is 46.9 Å². The fourth-order valence-corrected chi connectivity index (χ4v) is 3.71. The standard InChI is InChI=1S/C21H22BrF2N3O2/c1-21(19(28)25-12-14-3-6-16(23)7-4-14)9-2-10-27(13-21)20(29)26-18-8-5-15(22)11-17(18)24/h3-8,11H,2,9-10,12-13H2,1H3,(H,25,28)(H,26,29)/t21-/m1/s1. The summed E-state index contributed by atoms with van der Waals surface area (Å²) in [6.07, 6.45) is 1.30. The Morgan fingerprint density at radius 1 is 1.17 bits per heavy atom. The Labute approximate surface area is 176 Å². The van der Waals surface area contributed by atoms with Crippen LogP contribution in [0, 0.1) is 17.0 Å². The van der Waals surface area contributed by atoms with Gasteiger partial charge in [0, 0.05) is 24.1 Å². The van der Waals surface area contributed by atoms with E-state index in [1.165, 1.54) is 29.2 Å². The molecule has 1 fully saturated rings. The number of amides is 3. The van der Waals surface area contributed by atoms with Crippen molar-refractivity contribution in [3.05, 3.63) is 64.1 Å². The molecule has 1 aliphatic heterocycles. The summed E-state index contributed by atoms with van der Waals surface area (Å²) >= 11 is 3.18. The minimum atomic E-state index is -0.756. The lowest BCUT2D eigenvalue weighted by atomic mass is 9.81. The molecule has 5 nitrogen and oxygen atoms in total. The summed E-state index contributed by atoms with van der Waals surface area (Å²) in [6, 6.07) is 9.88. The van der Waals surface area contributed by atoms with E-state index in [4.69, 9.17) is 0 Å². The second-order valence-corrected chi connectivity index (χ2v) is 8.36. The first-order chi connectivity index (χ1) is 13.8. The van der Waals surface area contributed by atoms with Gasteiger partial charge in [0.15, 0.2) is 0 Å². The Bertz CT molecular complexity index is 907. The maximum absolute atomic E-state index is 14.0. The lowest BCUT2D eigenvalue weighted by Gasteiger charge is -2.39. The van der Waals surface area contributed by atoms with Crippen LogP contribution in [0.1, 0.15) is 25.3 Å². The Morgan fingerprint density at radius 2 is 1.90 bits per heavy atom. The van der Waals surface area contributed by atoms with Gasteiger partial charge in [-0.3, -0.25) is 4.79 Å². The molecule has 3 rings (SSSR count). The molecule has 8 heteroatoms. The Kier molecular flexibility index (Phi) is 6.52. The molecule has 0 unspecified atom stereocenters. The fraction of sp³-hybridized carbons (Fsp3) is 0.333. The van der Waals surface area contributed by atoms with Gasteiger partial charge in [0.25, 0.3) is 0 Å². The SMILES string of the molecule is C[C@@]1(C(=O)NCc2ccc(F)cc2)CCCN(C(=O)Nc2ccc(Br)cc2F)C1. The van der Waals surface area contributed by atoms with Crippen LogP contribution in [-0.2, 0) is 11.3 Å². The lowest BCUT2D eigenvalue weighted by Crippen LogP contribution is -2.52. The minimum absolute atomic E-state index is 0.0891. The second kappa shape index (κ2) is 8.90. The van der Waals surface area contributed by atoms with Crippen molar-refractivity contribution >= 4 is 33.6 Å². The smallest absolute Gasteiger partial charge is 0.321 e. The van der Waals surface area contributed by atoms with Gasteiger partial charge in [0.2, 0.25) is 5.91 Å². The van der Waals surface area contributed by atoms with E-state index in [-0.39, 0.29) is 30.5 Å². The number of piperidine rings is 1. The number of likely N-dealkylation sites (tertiary alicyclic amines) is 1. The topological polar surface area (TPSA) is 61.4 Å². The van der Waals surface area contributed by atoms with Crippen molar-refractivity contribution in [1.29, 1.82) is 0 Å². The molecule has 2 aromatic rings. The van der Waals surface area contributed by atoms with Gasteiger partial charge >= 0.3 is 6.03 Å². The number of carbonyl (C=O) groups excluding carboxylic acids is 2. The van der Waals surface area contributed by atoms with Crippen LogP contribution < -0.4 is 10.6 Å². The van der Waals surface area contributed by atoms with Gasteiger partial charge in [-0.25, -0.2) is 13.6 Å². The highest BCUT2D eigenvalue weighted by molar-refractivity contribution is 9.10. The van der Waals surface area contributed by atoms with Crippen LogP contribution in [0.3, 0.4) is 0 Å². The number of nitrogens with one attached hydrogen (secondary N) is 2. The quantitative estimate of drug-likeness (QED) is 0.688. The zero-order valence-corrected chi connectivity index (χ0v) is 17.6. The van der Waals surface area contributed by atoms with Gasteiger partial charge in [-0.05, 0) is 55.7 Å². The summed E-state index contributed by atoms with van der Waals surface area (Å²) in [5, 5.41) is 5.44. The molecule has 0 aromatic heterocycles. The summed E-state index contributed by atoms with van der Waals surface area (Å²) in [7, 11) is 0. The molecule has 0 radical (unpaired) electrons. The third-order valence-corrected chi connectivity index (χ3v) is 5.56. The Morgan fingerprint density at radius 3 is 2.59 bits per heavy atom. The van der Waals surface area contributed by atoms with Crippen LogP contribution in [0.25, 0.3) is 0 Å². The van der Waals surface area contributed by atoms with E-state index in [1.807, 2.05) is 6.92 Å². The van der Waals surface area contributed by atoms with Gasteiger partial charge in [0.05, 0.1) is 11.1 Å². The maximum atomic E-state index is 14.0. The van der Waals surface area contributed by atoms with Gasteiger partial charge in [0.1, 0.15) is 11.6 Å². The number of hydrogen-bond donors (Lipinski definition) is 2. The zero-order chi connectivity index (χ0) is 21.0. The summed E-state index contributed by atoms with van der Waals surface area (Å²) in [5.74, 6) is -1.04. The normalized spacial score (nSPS) is 19.0. The maximum Gasteiger partial charge on any atom is 0.321 e. The molecule has 1 saturated heterocycles. The van der Waals surface area contributed by atoms with Crippen molar-refractivity contribution in [1.82, 2.24) is 10.2 Å². The Hall–Kier alpha value is -2.48. The molecule has 0 saturated carbocycles. The summed E-state index contributed by atoms with van der Waals surface area (Å²) in [6.45, 7) is 2.81. The molecule has 0 spiro atoms. The number of anilines is 1. The monoisotopic (exact) mass is 465 g/mol. The molecule has 1 heterocycles.